The molecule has 0 radical (unpaired) electrons. The maximum absolute atomic E-state index is 14.0. The Labute approximate surface area is 163 Å². The highest BCUT2D eigenvalue weighted by Gasteiger charge is 2.33. The number of halogens is 2. The van der Waals surface area contributed by atoms with Crippen LogP contribution in [0.5, 0.6) is 0 Å². The van der Waals surface area contributed by atoms with E-state index in [1.165, 1.54) is 0 Å². The number of rotatable bonds is 4. The van der Waals surface area contributed by atoms with Gasteiger partial charge < -0.3 is 4.42 Å². The van der Waals surface area contributed by atoms with E-state index in [1.54, 1.807) is 6.92 Å². The first-order chi connectivity index (χ1) is 13.3. The second-order valence-corrected chi connectivity index (χ2v) is 9.74. The van der Waals surface area contributed by atoms with Crippen molar-refractivity contribution >= 4 is 9.84 Å². The van der Waals surface area contributed by atoms with Gasteiger partial charge in [0.15, 0.2) is 9.84 Å². The van der Waals surface area contributed by atoms with Gasteiger partial charge in [-0.15, -0.1) is 0 Å². The molecule has 0 bridgehead atoms. The summed E-state index contributed by atoms with van der Waals surface area (Å²) >= 11 is 0. The Bertz CT molecular complexity index is 969. The smallest absolute Gasteiger partial charge is 0.229 e. The first-order valence-corrected chi connectivity index (χ1v) is 11.2. The molecule has 4 rings (SSSR count). The molecular weight excluding hydrogens is 388 g/mol. The van der Waals surface area contributed by atoms with E-state index >= 15 is 0 Å². The summed E-state index contributed by atoms with van der Waals surface area (Å²) in [6, 6.07) is 3.33. The Balaban J connectivity index is 1.39. The van der Waals surface area contributed by atoms with Crippen molar-refractivity contribution in [3.63, 3.8) is 0 Å². The second kappa shape index (κ2) is 7.53. The summed E-state index contributed by atoms with van der Waals surface area (Å²) in [7, 11) is -2.88. The summed E-state index contributed by atoms with van der Waals surface area (Å²) in [6.07, 6.45) is 0.716. The fraction of sp³-hybridized carbons (Fsp3) is 0.526. The molecule has 2 saturated heterocycles. The molecule has 0 N–H and O–H groups in total. The monoisotopic (exact) mass is 411 g/mol. The third-order valence-corrected chi connectivity index (χ3v) is 7.31. The van der Waals surface area contributed by atoms with Gasteiger partial charge in [0, 0.05) is 38.8 Å². The normalized spacial score (nSPS) is 23.3. The number of piperazine rings is 1. The van der Waals surface area contributed by atoms with Crippen LogP contribution in [0.1, 0.15) is 17.9 Å². The zero-order valence-electron chi connectivity index (χ0n) is 15.7. The minimum atomic E-state index is -2.88. The number of hydrogen-bond donors (Lipinski definition) is 0. The molecule has 9 heteroatoms. The molecule has 6 nitrogen and oxygen atoms in total. The molecule has 152 valence electrons. The molecule has 0 amide bonds. The van der Waals surface area contributed by atoms with Crippen molar-refractivity contribution in [3.05, 3.63) is 41.3 Å². The number of benzene rings is 1. The van der Waals surface area contributed by atoms with Gasteiger partial charge in [-0.2, -0.15) is 0 Å². The maximum atomic E-state index is 14.0. The molecule has 28 heavy (non-hydrogen) atoms. The molecule has 1 atom stereocenters. The van der Waals surface area contributed by atoms with Crippen molar-refractivity contribution in [1.82, 2.24) is 14.8 Å². The maximum Gasteiger partial charge on any atom is 0.229 e. The fourth-order valence-electron chi connectivity index (χ4n) is 3.91. The van der Waals surface area contributed by atoms with Crippen LogP contribution in [0.15, 0.2) is 22.6 Å². The van der Waals surface area contributed by atoms with Crippen molar-refractivity contribution in [3.8, 4) is 11.5 Å². The lowest BCUT2D eigenvalue weighted by Crippen LogP contribution is -2.50. The Morgan fingerprint density at radius 2 is 1.96 bits per heavy atom. The standard InChI is InChI=1S/C19H23F2N3O3S/c1-13-18(22-19(27-13)16-10-14(20)2-3-17(16)21)11-23-5-7-24(8-6-23)15-4-9-28(25,26)12-15/h2-3,10,15H,4-9,11-12H2,1H3. The van der Waals surface area contributed by atoms with E-state index in [9.17, 15) is 17.2 Å². The minimum Gasteiger partial charge on any atom is -0.441 e. The van der Waals surface area contributed by atoms with Crippen LogP contribution in [0.4, 0.5) is 8.78 Å². The van der Waals surface area contributed by atoms with Crippen LogP contribution in [-0.4, -0.2) is 66.9 Å². The Morgan fingerprint density at radius 1 is 1.21 bits per heavy atom. The SMILES string of the molecule is Cc1oc(-c2cc(F)ccc2F)nc1CN1CCN(C2CCS(=O)(=O)C2)CC1. The molecule has 1 aromatic carbocycles. The average molecular weight is 411 g/mol. The summed E-state index contributed by atoms with van der Waals surface area (Å²) in [5, 5.41) is 0. The van der Waals surface area contributed by atoms with Gasteiger partial charge in [-0.3, -0.25) is 9.80 Å². The van der Waals surface area contributed by atoms with E-state index in [-0.39, 0.29) is 29.0 Å². The van der Waals surface area contributed by atoms with Gasteiger partial charge in [-0.25, -0.2) is 22.2 Å². The van der Waals surface area contributed by atoms with Crippen molar-refractivity contribution < 1.29 is 21.6 Å². The minimum absolute atomic E-state index is 0.0154. The molecule has 2 aliphatic heterocycles. The lowest BCUT2D eigenvalue weighted by atomic mass is 10.2. The number of aryl methyl sites for hydroxylation is 1. The molecule has 1 unspecified atom stereocenters. The van der Waals surface area contributed by atoms with Crippen LogP contribution < -0.4 is 0 Å². The number of sulfone groups is 1. The topological polar surface area (TPSA) is 66.7 Å². The zero-order chi connectivity index (χ0) is 19.9. The molecule has 0 spiro atoms. The van der Waals surface area contributed by atoms with Gasteiger partial charge in [0.2, 0.25) is 5.89 Å². The number of oxazole rings is 1. The highest BCUT2D eigenvalue weighted by Crippen LogP contribution is 2.26. The highest BCUT2D eigenvalue weighted by molar-refractivity contribution is 7.91. The first kappa shape index (κ1) is 19.5. The van der Waals surface area contributed by atoms with Crippen molar-refractivity contribution in [2.24, 2.45) is 0 Å². The quantitative estimate of drug-likeness (QED) is 0.769. The predicted molar refractivity (Wildman–Crippen MR) is 101 cm³/mol. The number of hydrogen-bond acceptors (Lipinski definition) is 6. The molecular formula is C19H23F2N3O3S. The summed E-state index contributed by atoms with van der Waals surface area (Å²) in [4.78, 5) is 8.86. The third kappa shape index (κ3) is 4.11. The highest BCUT2D eigenvalue weighted by atomic mass is 32.2. The zero-order valence-corrected chi connectivity index (χ0v) is 16.5. The van der Waals surface area contributed by atoms with Crippen molar-refractivity contribution in [2.45, 2.75) is 25.9 Å². The predicted octanol–water partition coefficient (Wildman–Crippen LogP) is 2.23. The summed E-state index contributed by atoms with van der Waals surface area (Å²) in [5.41, 5.74) is 0.720. The van der Waals surface area contributed by atoms with E-state index in [4.69, 9.17) is 4.42 Å². The van der Waals surface area contributed by atoms with Gasteiger partial charge in [0.1, 0.15) is 17.4 Å². The van der Waals surface area contributed by atoms with Gasteiger partial charge in [-0.05, 0) is 31.5 Å². The van der Waals surface area contributed by atoms with E-state index in [0.717, 1.165) is 44.4 Å². The van der Waals surface area contributed by atoms with Crippen LogP contribution in [0.2, 0.25) is 0 Å². The second-order valence-electron chi connectivity index (χ2n) is 7.52. The largest absolute Gasteiger partial charge is 0.441 e. The Hall–Kier alpha value is -1.84. The van der Waals surface area contributed by atoms with E-state index in [2.05, 4.69) is 14.8 Å². The van der Waals surface area contributed by atoms with Crippen LogP contribution in [0, 0.1) is 18.6 Å². The van der Waals surface area contributed by atoms with E-state index in [1.807, 2.05) is 0 Å². The number of aromatic nitrogens is 1. The van der Waals surface area contributed by atoms with Gasteiger partial charge in [0.25, 0.3) is 0 Å². The molecule has 1 aromatic heterocycles. The first-order valence-electron chi connectivity index (χ1n) is 9.39. The molecule has 2 fully saturated rings. The van der Waals surface area contributed by atoms with Crippen LogP contribution in [0.25, 0.3) is 11.5 Å². The Kier molecular flexibility index (Phi) is 5.24. The summed E-state index contributed by atoms with van der Waals surface area (Å²) in [5.74, 6) is 0.100. The van der Waals surface area contributed by atoms with E-state index < -0.39 is 21.5 Å². The molecule has 3 heterocycles. The van der Waals surface area contributed by atoms with Crippen LogP contribution in [-0.2, 0) is 16.4 Å². The van der Waals surface area contributed by atoms with Crippen molar-refractivity contribution in [1.29, 1.82) is 0 Å². The van der Waals surface area contributed by atoms with Gasteiger partial charge in [0.05, 0.1) is 22.8 Å². The van der Waals surface area contributed by atoms with Crippen LogP contribution in [0.3, 0.4) is 0 Å². The summed E-state index contributed by atoms with van der Waals surface area (Å²) < 4.78 is 56.4. The fourth-order valence-corrected chi connectivity index (χ4v) is 5.67. The number of nitrogens with zero attached hydrogens (tertiary/aromatic N) is 3. The molecule has 0 saturated carbocycles. The lowest BCUT2D eigenvalue weighted by Gasteiger charge is -2.37. The summed E-state index contributed by atoms with van der Waals surface area (Å²) in [6.45, 7) is 5.54. The Morgan fingerprint density at radius 3 is 2.64 bits per heavy atom. The lowest BCUT2D eigenvalue weighted by molar-refractivity contribution is 0.0990. The van der Waals surface area contributed by atoms with Gasteiger partial charge in [-0.1, -0.05) is 0 Å². The molecule has 2 aromatic rings. The third-order valence-electron chi connectivity index (χ3n) is 5.56. The van der Waals surface area contributed by atoms with E-state index in [0.29, 0.717) is 24.4 Å². The van der Waals surface area contributed by atoms with Crippen LogP contribution >= 0.6 is 0 Å². The average Bonchev–Trinajstić information content (AvgIpc) is 3.20. The van der Waals surface area contributed by atoms with Gasteiger partial charge >= 0.3 is 0 Å². The molecule has 0 aliphatic carbocycles. The van der Waals surface area contributed by atoms with Crippen molar-refractivity contribution in [2.75, 3.05) is 37.7 Å². The molecule has 2 aliphatic rings.